The van der Waals surface area contributed by atoms with E-state index >= 15 is 0 Å². The standard InChI is InChI=1S/C12H19N3O2/c1-9-7-12(16)15-11(14-9)4-5-13-10-3-2-6-17-8-10/h7,10,13H,2-6,8H2,1H3,(H,14,15,16)/t10-/m0/s1. The summed E-state index contributed by atoms with van der Waals surface area (Å²) in [6, 6.07) is 1.95. The van der Waals surface area contributed by atoms with Crippen LogP contribution in [0, 0.1) is 6.92 Å². The summed E-state index contributed by atoms with van der Waals surface area (Å²) in [7, 11) is 0. The summed E-state index contributed by atoms with van der Waals surface area (Å²) >= 11 is 0. The van der Waals surface area contributed by atoms with Crippen molar-refractivity contribution in [1.29, 1.82) is 0 Å². The van der Waals surface area contributed by atoms with Crippen molar-refractivity contribution in [1.82, 2.24) is 15.3 Å². The number of hydrogen-bond acceptors (Lipinski definition) is 4. The molecule has 0 amide bonds. The summed E-state index contributed by atoms with van der Waals surface area (Å²) in [5, 5.41) is 3.42. The number of aromatic amines is 1. The van der Waals surface area contributed by atoms with Crippen molar-refractivity contribution in [3.63, 3.8) is 0 Å². The maximum Gasteiger partial charge on any atom is 0.251 e. The van der Waals surface area contributed by atoms with Gasteiger partial charge >= 0.3 is 0 Å². The minimum absolute atomic E-state index is 0.0755. The second-order valence-corrected chi connectivity index (χ2v) is 4.45. The van der Waals surface area contributed by atoms with E-state index in [1.54, 1.807) is 0 Å². The molecule has 1 saturated heterocycles. The molecule has 1 atom stereocenters. The van der Waals surface area contributed by atoms with E-state index in [2.05, 4.69) is 15.3 Å². The average molecular weight is 237 g/mol. The Morgan fingerprint density at radius 3 is 3.24 bits per heavy atom. The number of ether oxygens (including phenoxy) is 1. The summed E-state index contributed by atoms with van der Waals surface area (Å²) in [5.74, 6) is 0.749. The van der Waals surface area contributed by atoms with Crippen molar-refractivity contribution < 1.29 is 4.74 Å². The highest BCUT2D eigenvalue weighted by Gasteiger charge is 2.12. The zero-order valence-electron chi connectivity index (χ0n) is 10.2. The van der Waals surface area contributed by atoms with Gasteiger partial charge in [-0.2, -0.15) is 0 Å². The summed E-state index contributed by atoms with van der Waals surface area (Å²) in [6.07, 6.45) is 3.03. The highest BCUT2D eigenvalue weighted by atomic mass is 16.5. The molecular formula is C12H19N3O2. The molecule has 1 aromatic rings. The van der Waals surface area contributed by atoms with Gasteiger partial charge in [0.2, 0.25) is 0 Å². The van der Waals surface area contributed by atoms with E-state index in [0.717, 1.165) is 50.5 Å². The van der Waals surface area contributed by atoms with Crippen molar-refractivity contribution >= 4 is 0 Å². The van der Waals surface area contributed by atoms with Crippen LogP contribution in [0.25, 0.3) is 0 Å². The highest BCUT2D eigenvalue weighted by Crippen LogP contribution is 2.05. The Labute approximate surface area is 101 Å². The molecule has 1 aliphatic rings. The molecule has 1 aliphatic heterocycles. The Kier molecular flexibility index (Phi) is 4.28. The number of rotatable bonds is 4. The molecule has 2 rings (SSSR count). The van der Waals surface area contributed by atoms with E-state index in [1.807, 2.05) is 6.92 Å². The Morgan fingerprint density at radius 1 is 1.65 bits per heavy atom. The third-order valence-corrected chi connectivity index (χ3v) is 2.87. The normalized spacial score (nSPS) is 20.4. The molecule has 5 nitrogen and oxygen atoms in total. The lowest BCUT2D eigenvalue weighted by Crippen LogP contribution is -2.38. The molecule has 0 bridgehead atoms. The SMILES string of the molecule is Cc1cc(=O)[nH]c(CCN[C@H]2CCCOC2)n1. The lowest BCUT2D eigenvalue weighted by atomic mass is 10.1. The van der Waals surface area contributed by atoms with Gasteiger partial charge in [0.25, 0.3) is 5.56 Å². The van der Waals surface area contributed by atoms with Gasteiger partial charge in [-0.05, 0) is 19.8 Å². The molecule has 17 heavy (non-hydrogen) atoms. The minimum Gasteiger partial charge on any atom is -0.380 e. The molecule has 0 aliphatic carbocycles. The van der Waals surface area contributed by atoms with Gasteiger partial charge in [0.05, 0.1) is 6.61 Å². The van der Waals surface area contributed by atoms with Crippen LogP contribution in [0.5, 0.6) is 0 Å². The summed E-state index contributed by atoms with van der Waals surface area (Å²) in [6.45, 7) is 4.32. The molecule has 94 valence electrons. The second-order valence-electron chi connectivity index (χ2n) is 4.45. The number of H-pyrrole nitrogens is 1. The predicted molar refractivity (Wildman–Crippen MR) is 65.1 cm³/mol. The van der Waals surface area contributed by atoms with Crippen molar-refractivity contribution in [2.45, 2.75) is 32.2 Å². The van der Waals surface area contributed by atoms with Crippen LogP contribution in [0.4, 0.5) is 0 Å². The summed E-state index contributed by atoms with van der Waals surface area (Å²) < 4.78 is 5.39. The Bertz CT molecular complexity index is 410. The fraction of sp³-hybridized carbons (Fsp3) is 0.667. The maximum atomic E-state index is 11.2. The van der Waals surface area contributed by atoms with Gasteiger partial charge < -0.3 is 15.0 Å². The fourth-order valence-corrected chi connectivity index (χ4v) is 2.06. The van der Waals surface area contributed by atoms with E-state index in [9.17, 15) is 4.79 Å². The molecule has 0 spiro atoms. The van der Waals surface area contributed by atoms with Crippen LogP contribution in [0.1, 0.15) is 24.4 Å². The third kappa shape index (κ3) is 3.94. The van der Waals surface area contributed by atoms with Crippen LogP contribution < -0.4 is 10.9 Å². The Morgan fingerprint density at radius 2 is 2.53 bits per heavy atom. The Hall–Kier alpha value is -1.20. The monoisotopic (exact) mass is 237 g/mol. The summed E-state index contributed by atoms with van der Waals surface area (Å²) in [5.41, 5.74) is 0.693. The van der Waals surface area contributed by atoms with E-state index in [4.69, 9.17) is 4.74 Å². The first-order valence-electron chi connectivity index (χ1n) is 6.12. The lowest BCUT2D eigenvalue weighted by Gasteiger charge is -2.23. The molecule has 1 fully saturated rings. The number of aromatic nitrogens is 2. The number of hydrogen-bond donors (Lipinski definition) is 2. The molecule has 0 aromatic carbocycles. The number of nitrogens with one attached hydrogen (secondary N) is 2. The summed E-state index contributed by atoms with van der Waals surface area (Å²) in [4.78, 5) is 18.3. The van der Waals surface area contributed by atoms with E-state index in [1.165, 1.54) is 6.07 Å². The van der Waals surface area contributed by atoms with Gasteiger partial charge in [0.15, 0.2) is 0 Å². The van der Waals surface area contributed by atoms with Crippen LogP contribution >= 0.6 is 0 Å². The topological polar surface area (TPSA) is 67.0 Å². The van der Waals surface area contributed by atoms with Crippen LogP contribution in [-0.4, -0.2) is 35.8 Å². The van der Waals surface area contributed by atoms with Crippen LogP contribution in [0.3, 0.4) is 0 Å². The first-order valence-corrected chi connectivity index (χ1v) is 6.12. The van der Waals surface area contributed by atoms with Gasteiger partial charge in [-0.1, -0.05) is 0 Å². The quantitative estimate of drug-likeness (QED) is 0.795. The smallest absolute Gasteiger partial charge is 0.251 e. The first kappa shape index (κ1) is 12.3. The molecule has 0 saturated carbocycles. The maximum absolute atomic E-state index is 11.2. The van der Waals surface area contributed by atoms with Crippen LogP contribution in [0.2, 0.25) is 0 Å². The minimum atomic E-state index is -0.0755. The number of nitrogens with zero attached hydrogens (tertiary/aromatic N) is 1. The lowest BCUT2D eigenvalue weighted by molar-refractivity contribution is 0.0707. The first-order chi connectivity index (χ1) is 8.24. The molecular weight excluding hydrogens is 218 g/mol. The largest absolute Gasteiger partial charge is 0.380 e. The molecule has 1 aromatic heterocycles. The van der Waals surface area contributed by atoms with Crippen molar-refractivity contribution in [2.75, 3.05) is 19.8 Å². The Balaban J connectivity index is 1.79. The second kappa shape index (κ2) is 5.93. The zero-order valence-corrected chi connectivity index (χ0v) is 10.2. The highest BCUT2D eigenvalue weighted by molar-refractivity contribution is 5.00. The van der Waals surface area contributed by atoms with Crippen molar-refractivity contribution in [3.8, 4) is 0 Å². The van der Waals surface area contributed by atoms with Gasteiger partial charge in [0.1, 0.15) is 5.82 Å². The predicted octanol–water partition coefficient (Wildman–Crippen LogP) is 0.389. The average Bonchev–Trinajstić information content (AvgIpc) is 2.29. The van der Waals surface area contributed by atoms with Crippen LogP contribution in [-0.2, 0) is 11.2 Å². The molecule has 0 radical (unpaired) electrons. The van der Waals surface area contributed by atoms with Crippen LogP contribution in [0.15, 0.2) is 10.9 Å². The molecule has 5 heteroatoms. The fourth-order valence-electron chi connectivity index (χ4n) is 2.06. The number of aryl methyl sites for hydroxylation is 1. The van der Waals surface area contributed by atoms with E-state index in [0.29, 0.717) is 6.04 Å². The molecule has 0 unspecified atom stereocenters. The molecule has 2 heterocycles. The van der Waals surface area contributed by atoms with Gasteiger partial charge in [0, 0.05) is 37.4 Å². The van der Waals surface area contributed by atoms with E-state index < -0.39 is 0 Å². The van der Waals surface area contributed by atoms with Gasteiger partial charge in [-0.25, -0.2) is 4.98 Å². The van der Waals surface area contributed by atoms with Gasteiger partial charge in [-0.15, -0.1) is 0 Å². The van der Waals surface area contributed by atoms with Crippen molar-refractivity contribution in [2.24, 2.45) is 0 Å². The zero-order chi connectivity index (χ0) is 12.1. The molecule has 2 N–H and O–H groups in total. The van der Waals surface area contributed by atoms with Crippen molar-refractivity contribution in [3.05, 3.63) is 27.9 Å². The third-order valence-electron chi connectivity index (χ3n) is 2.87. The van der Waals surface area contributed by atoms with E-state index in [-0.39, 0.29) is 5.56 Å². The van der Waals surface area contributed by atoms with Gasteiger partial charge in [-0.3, -0.25) is 4.79 Å².